The summed E-state index contributed by atoms with van der Waals surface area (Å²) in [7, 11) is -3.47. The zero-order chi connectivity index (χ0) is 29.9. The van der Waals surface area contributed by atoms with Crippen molar-refractivity contribution in [3.8, 4) is 11.4 Å². The Morgan fingerprint density at radius 3 is 2.65 bits per heavy atom. The molecule has 226 valence electrons. The van der Waals surface area contributed by atoms with Crippen LogP contribution in [0.15, 0.2) is 36.9 Å². The van der Waals surface area contributed by atoms with Gasteiger partial charge in [-0.2, -0.15) is 14.3 Å². The first-order chi connectivity index (χ1) is 20.7. The van der Waals surface area contributed by atoms with Crippen molar-refractivity contribution in [1.82, 2.24) is 38.8 Å². The number of carbonyl (C=O) groups is 1. The molecule has 0 radical (unpaired) electrons. The lowest BCUT2D eigenvalue weighted by Crippen LogP contribution is -2.54. The third-order valence-electron chi connectivity index (χ3n) is 8.38. The Labute approximate surface area is 248 Å². The summed E-state index contributed by atoms with van der Waals surface area (Å²) in [4.78, 5) is 30.5. The Hall–Kier alpha value is -4.11. The number of nitrogens with one attached hydrogen (secondary N) is 1. The van der Waals surface area contributed by atoms with Gasteiger partial charge in [-0.1, -0.05) is 0 Å². The second-order valence-electron chi connectivity index (χ2n) is 11.9. The van der Waals surface area contributed by atoms with Gasteiger partial charge in [0.05, 0.1) is 40.0 Å². The van der Waals surface area contributed by atoms with Crippen LogP contribution in [0.25, 0.3) is 22.3 Å². The largest absolute Gasteiger partial charge is 0.396 e. The first kappa shape index (κ1) is 27.7. The number of nitrogens with zero attached hydrogens (tertiary/aromatic N) is 9. The van der Waals surface area contributed by atoms with E-state index >= 15 is 0 Å². The summed E-state index contributed by atoms with van der Waals surface area (Å²) >= 11 is 0. The monoisotopic (exact) mass is 606 g/mol. The quantitative estimate of drug-likeness (QED) is 0.286. The van der Waals surface area contributed by atoms with Crippen LogP contribution in [-0.2, 0) is 14.8 Å². The van der Waals surface area contributed by atoms with Gasteiger partial charge in [-0.05, 0) is 39.2 Å². The van der Waals surface area contributed by atoms with E-state index in [0.29, 0.717) is 62.0 Å². The number of aliphatic hydroxyl groups is 1. The minimum absolute atomic E-state index is 0.0709. The van der Waals surface area contributed by atoms with Crippen molar-refractivity contribution in [2.24, 2.45) is 11.8 Å². The topological polar surface area (TPSA) is 164 Å². The lowest BCUT2D eigenvalue weighted by atomic mass is 9.98. The molecule has 3 aliphatic rings. The predicted molar refractivity (Wildman–Crippen MR) is 159 cm³/mol. The molecular formula is C28H34N10O4S. The number of anilines is 3. The number of rotatable bonds is 9. The molecule has 1 aliphatic carbocycles. The van der Waals surface area contributed by atoms with Gasteiger partial charge in [-0.15, -0.1) is 0 Å². The van der Waals surface area contributed by atoms with Crippen LogP contribution in [-0.4, -0.2) is 96.3 Å². The van der Waals surface area contributed by atoms with Gasteiger partial charge in [0.25, 0.3) is 10.0 Å². The van der Waals surface area contributed by atoms with E-state index in [2.05, 4.69) is 44.1 Å². The molecule has 4 aromatic rings. The first-order valence-electron chi connectivity index (χ1n) is 14.6. The third-order valence-corrected chi connectivity index (χ3v) is 10.4. The highest BCUT2D eigenvalue weighted by molar-refractivity contribution is 7.90. The van der Waals surface area contributed by atoms with Gasteiger partial charge in [0, 0.05) is 63.2 Å². The zero-order valence-corrected chi connectivity index (χ0v) is 24.9. The van der Waals surface area contributed by atoms with Crippen LogP contribution in [0.1, 0.15) is 39.2 Å². The molecule has 6 heterocycles. The molecule has 0 spiro atoms. The van der Waals surface area contributed by atoms with E-state index in [1.165, 1.54) is 12.4 Å². The molecule has 1 saturated carbocycles. The maximum absolute atomic E-state index is 13.0. The molecule has 2 aliphatic heterocycles. The number of hydrogen-bond donors (Lipinski definition) is 2. The molecule has 2 N–H and O–H groups in total. The molecule has 2 saturated heterocycles. The molecule has 7 rings (SSSR count). The van der Waals surface area contributed by atoms with Gasteiger partial charge < -0.3 is 20.2 Å². The lowest BCUT2D eigenvalue weighted by Gasteiger charge is -2.40. The van der Waals surface area contributed by atoms with Crippen molar-refractivity contribution in [2.75, 3.05) is 43.0 Å². The number of likely N-dealkylation sites (tertiary alicyclic amines) is 1. The summed E-state index contributed by atoms with van der Waals surface area (Å²) in [5.41, 5.74) is 1.41. The zero-order valence-electron chi connectivity index (χ0n) is 24.0. The van der Waals surface area contributed by atoms with Crippen LogP contribution in [0.3, 0.4) is 0 Å². The molecule has 1 atom stereocenters. The van der Waals surface area contributed by atoms with Gasteiger partial charge in [0.2, 0.25) is 5.91 Å². The van der Waals surface area contributed by atoms with Crippen LogP contribution >= 0.6 is 0 Å². The average molecular weight is 607 g/mol. The second kappa shape index (κ2) is 10.6. The van der Waals surface area contributed by atoms with Crippen molar-refractivity contribution in [1.29, 1.82) is 0 Å². The predicted octanol–water partition coefficient (Wildman–Crippen LogP) is 2.03. The summed E-state index contributed by atoms with van der Waals surface area (Å²) in [6, 6.07) is 3.74. The molecule has 0 unspecified atom stereocenters. The Kier molecular flexibility index (Phi) is 6.80. The molecule has 3 fully saturated rings. The average Bonchev–Trinajstić information content (AvgIpc) is 3.37. The highest BCUT2D eigenvalue weighted by Crippen LogP contribution is 2.35. The molecule has 4 aromatic heterocycles. The highest BCUT2D eigenvalue weighted by atomic mass is 32.2. The minimum Gasteiger partial charge on any atom is -0.396 e. The smallest absolute Gasteiger partial charge is 0.256 e. The van der Waals surface area contributed by atoms with Crippen LogP contribution in [0.4, 0.5) is 17.5 Å². The minimum atomic E-state index is -3.47. The van der Waals surface area contributed by atoms with Gasteiger partial charge in [0.15, 0.2) is 11.6 Å². The maximum Gasteiger partial charge on any atom is 0.256 e. The molecular weight excluding hydrogens is 572 g/mol. The van der Waals surface area contributed by atoms with Crippen molar-refractivity contribution < 1.29 is 18.3 Å². The van der Waals surface area contributed by atoms with E-state index in [0.717, 1.165) is 27.2 Å². The van der Waals surface area contributed by atoms with Crippen molar-refractivity contribution in [3.05, 3.63) is 36.9 Å². The number of aliphatic hydroxyl groups excluding tert-OH is 1. The van der Waals surface area contributed by atoms with Crippen LogP contribution in [0, 0.1) is 11.8 Å². The second-order valence-corrected chi connectivity index (χ2v) is 14.0. The first-order valence-corrected chi connectivity index (χ1v) is 16.1. The van der Waals surface area contributed by atoms with Crippen LogP contribution in [0.2, 0.25) is 0 Å². The van der Waals surface area contributed by atoms with E-state index in [9.17, 15) is 18.3 Å². The Balaban J connectivity index is 1.08. The molecule has 43 heavy (non-hydrogen) atoms. The molecule has 15 heteroatoms. The number of carbonyl (C=O) groups excluding carboxylic acids is 1. The summed E-state index contributed by atoms with van der Waals surface area (Å²) in [6.07, 6.45) is 8.46. The normalized spacial score (nSPS) is 19.4. The number of aromatic nitrogens is 7. The summed E-state index contributed by atoms with van der Waals surface area (Å²) < 4.78 is 28.0. The fourth-order valence-corrected chi connectivity index (χ4v) is 7.21. The third kappa shape index (κ3) is 5.09. The lowest BCUT2D eigenvalue weighted by molar-refractivity contribution is -0.135. The van der Waals surface area contributed by atoms with E-state index in [1.807, 2.05) is 15.6 Å². The van der Waals surface area contributed by atoms with E-state index < -0.39 is 10.0 Å². The van der Waals surface area contributed by atoms with Crippen molar-refractivity contribution in [2.45, 2.75) is 44.4 Å². The van der Waals surface area contributed by atoms with Gasteiger partial charge in [-0.25, -0.2) is 23.4 Å². The Morgan fingerprint density at radius 2 is 1.93 bits per heavy atom. The molecule has 1 amide bonds. The summed E-state index contributed by atoms with van der Waals surface area (Å²) in [6.45, 7) is 6.81. The molecule has 14 nitrogen and oxygen atoms in total. The van der Waals surface area contributed by atoms with Gasteiger partial charge in [0.1, 0.15) is 11.6 Å². The number of hydrogen-bond acceptors (Lipinski definition) is 11. The number of fused-ring (bicyclic) bond motifs is 1. The Morgan fingerprint density at radius 1 is 1.12 bits per heavy atom. The van der Waals surface area contributed by atoms with E-state index in [4.69, 9.17) is 5.10 Å². The number of pyridine rings is 1. The van der Waals surface area contributed by atoms with Gasteiger partial charge >= 0.3 is 0 Å². The summed E-state index contributed by atoms with van der Waals surface area (Å²) in [5, 5.41) is 22.1. The Bertz CT molecular complexity index is 1790. The SMILES string of the molecule is CC(C)n1nc(N2CC(C(=O)N3CC[C@H](CO)C3)C2)c2cnc(Nc3ccnc(-c4cnn(S(=O)(=O)C5CC5)c4)n3)cc21. The molecule has 0 aromatic carbocycles. The van der Waals surface area contributed by atoms with E-state index in [1.54, 1.807) is 18.5 Å². The van der Waals surface area contributed by atoms with Crippen LogP contribution in [0.5, 0.6) is 0 Å². The number of amides is 1. The highest BCUT2D eigenvalue weighted by Gasteiger charge is 2.40. The molecule has 0 bridgehead atoms. The summed E-state index contributed by atoms with van der Waals surface area (Å²) in [5.74, 6) is 2.50. The van der Waals surface area contributed by atoms with Crippen LogP contribution < -0.4 is 10.2 Å². The van der Waals surface area contributed by atoms with Gasteiger partial charge in [-0.3, -0.25) is 9.48 Å². The maximum atomic E-state index is 13.0. The fourth-order valence-electron chi connectivity index (χ4n) is 5.74. The fraction of sp³-hybridized carbons (Fsp3) is 0.500. The van der Waals surface area contributed by atoms with Crippen molar-refractivity contribution >= 4 is 44.3 Å². The van der Waals surface area contributed by atoms with E-state index in [-0.39, 0.29) is 35.6 Å². The van der Waals surface area contributed by atoms with Crippen molar-refractivity contribution in [3.63, 3.8) is 0 Å². The standard InChI is InChI=1S/C28H34N10O4S/c1-17(2)38-23-9-25(32-24-5-7-29-26(33-24)19-10-31-37(15-19)43(41,42)21-3-4-21)30-11-22(23)27(34-38)36-13-20(14-36)28(40)35-8-6-18(12-35)16-39/h5,7,9-11,15,17-18,20-21,39H,3-4,6,8,12-14,16H2,1-2H3,(H,29,30,32,33)/t18-/m0/s1.